The molecule has 1 heteroatoms. The van der Waals surface area contributed by atoms with Crippen molar-refractivity contribution in [2.45, 2.75) is 25.7 Å². The summed E-state index contributed by atoms with van der Waals surface area (Å²) in [5, 5.41) is 0. The van der Waals surface area contributed by atoms with Gasteiger partial charge in [-0.05, 0) is 36.3 Å². The molecule has 0 radical (unpaired) electrons. The van der Waals surface area contributed by atoms with Gasteiger partial charge in [0, 0.05) is 5.56 Å². The van der Waals surface area contributed by atoms with Crippen LogP contribution in [0.1, 0.15) is 41.6 Å². The Morgan fingerprint density at radius 1 is 1.46 bits per heavy atom. The van der Waals surface area contributed by atoms with Crippen molar-refractivity contribution in [1.82, 2.24) is 0 Å². The number of carbonyl (C=O) groups excluding carboxylic acids is 1. The smallest absolute Gasteiger partial charge is 0.150 e. The second-order valence-electron chi connectivity index (χ2n) is 3.91. The first-order valence-electron chi connectivity index (χ1n) is 4.86. The van der Waals surface area contributed by atoms with Crippen molar-refractivity contribution < 1.29 is 4.79 Å². The lowest BCUT2D eigenvalue weighted by Crippen LogP contribution is -1.96. The fraction of sp³-hybridized carbons (Fsp3) is 0.417. The van der Waals surface area contributed by atoms with Gasteiger partial charge in [-0.15, -0.1) is 0 Å². The van der Waals surface area contributed by atoms with Crippen molar-refractivity contribution >= 4 is 6.29 Å². The maximum Gasteiger partial charge on any atom is 0.150 e. The summed E-state index contributed by atoms with van der Waals surface area (Å²) in [4.78, 5) is 10.6. The van der Waals surface area contributed by atoms with Crippen molar-refractivity contribution in [3.63, 3.8) is 0 Å². The molecule has 0 bridgehead atoms. The second-order valence-corrected chi connectivity index (χ2v) is 3.91. The van der Waals surface area contributed by atoms with Crippen LogP contribution in [-0.4, -0.2) is 6.29 Å². The predicted octanol–water partition coefficient (Wildman–Crippen LogP) is 3.01. The molecule has 0 spiro atoms. The Morgan fingerprint density at radius 3 is 2.85 bits per heavy atom. The average Bonchev–Trinajstić information content (AvgIpc) is 3.00. The van der Waals surface area contributed by atoms with Crippen LogP contribution in [-0.2, 0) is 0 Å². The Bertz CT molecular complexity index is 313. The molecule has 0 amide bonds. The van der Waals surface area contributed by atoms with Crippen molar-refractivity contribution in [3.8, 4) is 0 Å². The van der Waals surface area contributed by atoms with Crippen LogP contribution in [0.3, 0.4) is 0 Å². The van der Waals surface area contributed by atoms with E-state index in [0.29, 0.717) is 5.92 Å². The Kier molecular flexibility index (Phi) is 2.17. The molecule has 1 aliphatic rings. The van der Waals surface area contributed by atoms with Crippen molar-refractivity contribution in [2.24, 2.45) is 5.92 Å². The molecule has 0 aromatic heterocycles. The number of carbonyl (C=O) groups is 1. The van der Waals surface area contributed by atoms with Gasteiger partial charge in [-0.25, -0.2) is 0 Å². The first-order valence-corrected chi connectivity index (χ1v) is 4.86. The Labute approximate surface area is 78.8 Å². The van der Waals surface area contributed by atoms with Crippen molar-refractivity contribution in [3.05, 3.63) is 35.4 Å². The molecular weight excluding hydrogens is 160 g/mol. The largest absolute Gasteiger partial charge is 0.298 e. The van der Waals surface area contributed by atoms with Crippen LogP contribution in [0.4, 0.5) is 0 Å². The Morgan fingerprint density at radius 2 is 2.23 bits per heavy atom. The molecule has 0 N–H and O–H groups in total. The van der Waals surface area contributed by atoms with E-state index in [1.54, 1.807) is 0 Å². The minimum atomic E-state index is 0.625. The molecule has 1 saturated carbocycles. The first-order chi connectivity index (χ1) is 6.31. The van der Waals surface area contributed by atoms with Gasteiger partial charge < -0.3 is 0 Å². The second kappa shape index (κ2) is 3.33. The van der Waals surface area contributed by atoms with E-state index in [2.05, 4.69) is 13.0 Å². The summed E-state index contributed by atoms with van der Waals surface area (Å²) >= 11 is 0. The molecule has 1 aromatic rings. The van der Waals surface area contributed by atoms with E-state index in [1.807, 2.05) is 18.2 Å². The van der Waals surface area contributed by atoms with Gasteiger partial charge in [-0.3, -0.25) is 4.79 Å². The molecule has 1 unspecified atom stereocenters. The standard InChI is InChI=1S/C12H14O/c1-9(11-5-6-11)12-4-2-3-10(7-12)8-13/h2-4,7-9,11H,5-6H2,1H3. The minimum Gasteiger partial charge on any atom is -0.298 e. The van der Waals surface area contributed by atoms with Crippen LogP contribution in [0.25, 0.3) is 0 Å². The van der Waals surface area contributed by atoms with E-state index in [-0.39, 0.29) is 0 Å². The third-order valence-corrected chi connectivity index (χ3v) is 2.90. The number of benzene rings is 1. The predicted molar refractivity (Wildman–Crippen MR) is 53.0 cm³/mol. The molecule has 2 rings (SSSR count). The van der Waals surface area contributed by atoms with Crippen LogP contribution < -0.4 is 0 Å². The monoisotopic (exact) mass is 174 g/mol. The summed E-state index contributed by atoms with van der Waals surface area (Å²) < 4.78 is 0. The van der Waals surface area contributed by atoms with Crippen LogP contribution >= 0.6 is 0 Å². The van der Waals surface area contributed by atoms with Gasteiger partial charge in [0.1, 0.15) is 6.29 Å². The van der Waals surface area contributed by atoms with Gasteiger partial charge in [0.25, 0.3) is 0 Å². The molecule has 1 aliphatic carbocycles. The lowest BCUT2D eigenvalue weighted by atomic mass is 9.95. The SMILES string of the molecule is CC(c1cccc(C=O)c1)C1CC1. The molecule has 13 heavy (non-hydrogen) atoms. The van der Waals surface area contributed by atoms with Gasteiger partial charge in [0.2, 0.25) is 0 Å². The molecule has 0 aliphatic heterocycles. The van der Waals surface area contributed by atoms with Gasteiger partial charge in [0.05, 0.1) is 0 Å². The average molecular weight is 174 g/mol. The van der Waals surface area contributed by atoms with E-state index < -0.39 is 0 Å². The highest BCUT2D eigenvalue weighted by atomic mass is 16.1. The van der Waals surface area contributed by atoms with Crippen LogP contribution in [0.5, 0.6) is 0 Å². The van der Waals surface area contributed by atoms with E-state index in [1.165, 1.54) is 18.4 Å². The number of hydrogen-bond donors (Lipinski definition) is 0. The summed E-state index contributed by atoms with van der Waals surface area (Å²) in [5.74, 6) is 1.49. The maximum atomic E-state index is 10.6. The lowest BCUT2D eigenvalue weighted by molar-refractivity contribution is 0.112. The minimum absolute atomic E-state index is 0.625. The Balaban J connectivity index is 2.22. The van der Waals surface area contributed by atoms with Crippen molar-refractivity contribution in [2.75, 3.05) is 0 Å². The first kappa shape index (κ1) is 8.49. The van der Waals surface area contributed by atoms with Crippen molar-refractivity contribution in [1.29, 1.82) is 0 Å². The number of aldehydes is 1. The van der Waals surface area contributed by atoms with Gasteiger partial charge in [-0.2, -0.15) is 0 Å². The molecule has 0 saturated heterocycles. The highest BCUT2D eigenvalue weighted by molar-refractivity contribution is 5.75. The third kappa shape index (κ3) is 1.80. The summed E-state index contributed by atoms with van der Waals surface area (Å²) in [7, 11) is 0. The summed E-state index contributed by atoms with van der Waals surface area (Å²) in [6.45, 7) is 2.25. The summed E-state index contributed by atoms with van der Waals surface area (Å²) in [5.41, 5.74) is 2.11. The molecule has 0 heterocycles. The van der Waals surface area contributed by atoms with Crippen LogP contribution in [0, 0.1) is 5.92 Å². The fourth-order valence-corrected chi connectivity index (χ4v) is 1.78. The molecule has 68 valence electrons. The highest BCUT2D eigenvalue weighted by Gasteiger charge is 2.28. The van der Waals surface area contributed by atoms with Gasteiger partial charge in [0.15, 0.2) is 0 Å². The van der Waals surface area contributed by atoms with Crippen LogP contribution in [0.15, 0.2) is 24.3 Å². The third-order valence-electron chi connectivity index (χ3n) is 2.90. The van der Waals surface area contributed by atoms with E-state index in [9.17, 15) is 4.79 Å². The molecule has 1 atom stereocenters. The van der Waals surface area contributed by atoms with E-state index in [0.717, 1.165) is 17.8 Å². The molecule has 1 fully saturated rings. The normalized spacial score (nSPS) is 18.2. The van der Waals surface area contributed by atoms with Gasteiger partial charge in [-0.1, -0.05) is 25.1 Å². The summed E-state index contributed by atoms with van der Waals surface area (Å²) in [6, 6.07) is 7.96. The summed E-state index contributed by atoms with van der Waals surface area (Å²) in [6.07, 6.45) is 3.63. The fourth-order valence-electron chi connectivity index (χ4n) is 1.78. The highest BCUT2D eigenvalue weighted by Crippen LogP contribution is 2.42. The maximum absolute atomic E-state index is 10.6. The topological polar surface area (TPSA) is 17.1 Å². The molecule has 1 aromatic carbocycles. The lowest BCUT2D eigenvalue weighted by Gasteiger charge is -2.10. The van der Waals surface area contributed by atoms with Gasteiger partial charge >= 0.3 is 0 Å². The molecule has 1 nitrogen and oxygen atoms in total. The Hall–Kier alpha value is -1.11. The number of rotatable bonds is 3. The van der Waals surface area contributed by atoms with E-state index in [4.69, 9.17) is 0 Å². The number of hydrogen-bond acceptors (Lipinski definition) is 1. The van der Waals surface area contributed by atoms with E-state index >= 15 is 0 Å². The zero-order chi connectivity index (χ0) is 9.26. The molecular formula is C12H14O. The quantitative estimate of drug-likeness (QED) is 0.644. The zero-order valence-electron chi connectivity index (χ0n) is 7.86. The zero-order valence-corrected chi connectivity index (χ0v) is 7.86. The van der Waals surface area contributed by atoms with Crippen LogP contribution in [0.2, 0.25) is 0 Å².